The van der Waals surface area contributed by atoms with E-state index in [1.807, 2.05) is 30.9 Å². The first-order chi connectivity index (χ1) is 8.00. The summed E-state index contributed by atoms with van der Waals surface area (Å²) in [6, 6.07) is 16.3. The molecule has 17 heavy (non-hydrogen) atoms. The summed E-state index contributed by atoms with van der Waals surface area (Å²) in [6.07, 6.45) is 0. The number of hydrogen-bond donors (Lipinski definition) is 1. The molecule has 0 amide bonds. The van der Waals surface area contributed by atoms with Crippen molar-refractivity contribution in [2.75, 3.05) is 6.66 Å². The van der Waals surface area contributed by atoms with Crippen LogP contribution in [0.25, 0.3) is 0 Å². The van der Waals surface area contributed by atoms with Crippen LogP contribution in [0.3, 0.4) is 0 Å². The average Bonchev–Trinajstić information content (AvgIpc) is 2.30. The van der Waals surface area contributed by atoms with Crippen molar-refractivity contribution in [2.24, 2.45) is 0 Å². The summed E-state index contributed by atoms with van der Waals surface area (Å²) in [5, 5.41) is 2.07. The number of aryl methyl sites for hydroxylation is 2. The van der Waals surface area contributed by atoms with Crippen molar-refractivity contribution in [2.45, 2.75) is 13.8 Å². The molecule has 2 aromatic rings. The topological polar surface area (TPSA) is 20.2 Å². The fourth-order valence-electron chi connectivity index (χ4n) is 1.82. The molecule has 0 aromatic heterocycles. The van der Waals surface area contributed by atoms with Crippen LogP contribution in [0.4, 0.5) is 0 Å². The molecular weight excluding hydrogens is 227 g/mol. The summed E-state index contributed by atoms with van der Waals surface area (Å²) in [6.45, 7) is 6.06. The van der Waals surface area contributed by atoms with E-state index in [-0.39, 0.29) is 0 Å². The van der Waals surface area contributed by atoms with Crippen molar-refractivity contribution in [3.8, 4) is 0 Å². The summed E-state index contributed by atoms with van der Waals surface area (Å²) in [7, 11) is -2.19. The normalized spacial score (nSPS) is 11.5. The Morgan fingerprint density at radius 3 is 1.29 bits per heavy atom. The van der Waals surface area contributed by atoms with Gasteiger partial charge in [0.05, 0.1) is 6.66 Å². The van der Waals surface area contributed by atoms with Gasteiger partial charge in [0.15, 0.2) is 0 Å². The minimum atomic E-state index is -2.19. The molecule has 0 aliphatic carbocycles. The average molecular weight is 245 g/mol. The van der Waals surface area contributed by atoms with Gasteiger partial charge in [-0.2, -0.15) is 0 Å². The minimum Gasteiger partial charge on any atom is -0.241 e. The lowest BCUT2D eigenvalue weighted by molar-refractivity contribution is 0.629. The fourth-order valence-corrected chi connectivity index (χ4v) is 3.58. The lowest BCUT2D eigenvalue weighted by Gasteiger charge is -2.15. The molecule has 0 aliphatic heterocycles. The first kappa shape index (κ1) is 12.3. The SMILES string of the molecule is Cc1ccc([P+](C)(O)c2ccc(C)cc2)cc1. The lowest BCUT2D eigenvalue weighted by Crippen LogP contribution is -2.20. The first-order valence-electron chi connectivity index (χ1n) is 5.74. The van der Waals surface area contributed by atoms with Crippen LogP contribution >= 0.6 is 7.49 Å². The third-order valence-corrected chi connectivity index (χ3v) is 5.68. The molecule has 0 fully saturated rings. The second-order valence-corrected chi connectivity index (χ2v) is 7.58. The monoisotopic (exact) mass is 245 g/mol. The van der Waals surface area contributed by atoms with Crippen molar-refractivity contribution < 1.29 is 4.89 Å². The number of benzene rings is 2. The van der Waals surface area contributed by atoms with Crippen molar-refractivity contribution in [1.82, 2.24) is 0 Å². The maximum absolute atomic E-state index is 10.8. The first-order valence-corrected chi connectivity index (χ1v) is 7.93. The van der Waals surface area contributed by atoms with Crippen LogP contribution in [0.15, 0.2) is 48.5 Å². The third kappa shape index (κ3) is 2.57. The van der Waals surface area contributed by atoms with Crippen molar-refractivity contribution in [1.29, 1.82) is 0 Å². The zero-order valence-corrected chi connectivity index (χ0v) is 11.4. The quantitative estimate of drug-likeness (QED) is 0.807. The molecule has 0 aliphatic rings. The Bertz CT molecular complexity index is 450. The third-order valence-electron chi connectivity index (χ3n) is 3.07. The zero-order valence-electron chi connectivity index (χ0n) is 10.5. The molecule has 1 nitrogen and oxygen atoms in total. The predicted molar refractivity (Wildman–Crippen MR) is 76.7 cm³/mol. The fraction of sp³-hybridized carbons (Fsp3) is 0.200. The highest BCUT2D eigenvalue weighted by Crippen LogP contribution is 2.47. The highest BCUT2D eigenvalue weighted by Gasteiger charge is 2.35. The molecule has 0 bridgehead atoms. The minimum absolute atomic E-state index is 1.03. The highest BCUT2D eigenvalue weighted by molar-refractivity contribution is 7.83. The molecule has 2 aromatic carbocycles. The summed E-state index contributed by atoms with van der Waals surface area (Å²) < 4.78 is 0. The molecular formula is C15H18OP+. The molecule has 0 heterocycles. The van der Waals surface area contributed by atoms with Gasteiger partial charge in [0.1, 0.15) is 10.6 Å². The Morgan fingerprint density at radius 2 is 1.00 bits per heavy atom. The lowest BCUT2D eigenvalue weighted by atomic mass is 10.2. The number of rotatable bonds is 2. The van der Waals surface area contributed by atoms with Gasteiger partial charge in [-0.1, -0.05) is 35.4 Å². The molecule has 2 heteroatoms. The molecule has 2 rings (SSSR count). The Balaban J connectivity index is 2.41. The van der Waals surface area contributed by atoms with Crippen LogP contribution in [0.2, 0.25) is 0 Å². The standard InChI is InChI=1S/C15H18OP/c1-12-4-8-14(9-5-12)17(3,16)15-10-6-13(2)7-11-15/h4-11,16H,1-3H3/q+1. The molecule has 0 spiro atoms. The predicted octanol–water partition coefficient (Wildman–Crippen LogP) is 2.81. The van der Waals surface area contributed by atoms with Gasteiger partial charge in [0.2, 0.25) is 7.49 Å². The van der Waals surface area contributed by atoms with Gasteiger partial charge in [0, 0.05) is 0 Å². The van der Waals surface area contributed by atoms with Crippen molar-refractivity contribution in [3.05, 3.63) is 59.7 Å². The molecule has 0 unspecified atom stereocenters. The van der Waals surface area contributed by atoms with Gasteiger partial charge in [-0.3, -0.25) is 0 Å². The molecule has 0 atom stereocenters. The summed E-state index contributed by atoms with van der Waals surface area (Å²) in [4.78, 5) is 10.8. The smallest absolute Gasteiger partial charge is 0.203 e. The Kier molecular flexibility index (Phi) is 3.33. The maximum Gasteiger partial charge on any atom is 0.203 e. The Hall–Kier alpha value is -1.17. The molecule has 0 saturated carbocycles. The van der Waals surface area contributed by atoms with E-state index in [1.54, 1.807) is 0 Å². The van der Waals surface area contributed by atoms with E-state index in [2.05, 4.69) is 38.1 Å². The van der Waals surface area contributed by atoms with E-state index in [4.69, 9.17) is 0 Å². The second kappa shape index (κ2) is 4.60. The largest absolute Gasteiger partial charge is 0.241 e. The van der Waals surface area contributed by atoms with E-state index >= 15 is 0 Å². The van der Waals surface area contributed by atoms with Crippen LogP contribution in [0.1, 0.15) is 11.1 Å². The molecule has 88 valence electrons. The van der Waals surface area contributed by atoms with E-state index < -0.39 is 7.49 Å². The summed E-state index contributed by atoms with van der Waals surface area (Å²) in [5.74, 6) is 0. The summed E-state index contributed by atoms with van der Waals surface area (Å²) >= 11 is 0. The maximum atomic E-state index is 10.8. The summed E-state index contributed by atoms with van der Waals surface area (Å²) in [5.41, 5.74) is 2.44. The van der Waals surface area contributed by atoms with Gasteiger partial charge in [0.25, 0.3) is 0 Å². The highest BCUT2D eigenvalue weighted by atomic mass is 31.2. The van der Waals surface area contributed by atoms with Crippen molar-refractivity contribution >= 4 is 18.1 Å². The van der Waals surface area contributed by atoms with Crippen LogP contribution in [0.5, 0.6) is 0 Å². The van der Waals surface area contributed by atoms with Crippen LogP contribution in [-0.2, 0) is 0 Å². The van der Waals surface area contributed by atoms with Crippen molar-refractivity contribution in [3.63, 3.8) is 0 Å². The number of hydrogen-bond acceptors (Lipinski definition) is 1. The van der Waals surface area contributed by atoms with Gasteiger partial charge >= 0.3 is 0 Å². The van der Waals surface area contributed by atoms with Crippen LogP contribution < -0.4 is 10.6 Å². The Labute approximate surface area is 104 Å². The van der Waals surface area contributed by atoms with E-state index in [0.717, 1.165) is 10.6 Å². The Morgan fingerprint density at radius 1 is 0.706 bits per heavy atom. The van der Waals surface area contributed by atoms with E-state index in [1.165, 1.54) is 11.1 Å². The van der Waals surface area contributed by atoms with Crippen LogP contribution in [-0.4, -0.2) is 11.6 Å². The van der Waals surface area contributed by atoms with E-state index in [9.17, 15) is 4.89 Å². The van der Waals surface area contributed by atoms with Gasteiger partial charge in [-0.05, 0) is 38.1 Å². The second-order valence-electron chi connectivity index (χ2n) is 4.63. The van der Waals surface area contributed by atoms with Gasteiger partial charge in [-0.15, -0.1) is 0 Å². The zero-order chi connectivity index (χ0) is 12.5. The molecule has 0 radical (unpaired) electrons. The van der Waals surface area contributed by atoms with Crippen LogP contribution in [0, 0.1) is 13.8 Å². The molecule has 1 N–H and O–H groups in total. The van der Waals surface area contributed by atoms with E-state index in [0.29, 0.717) is 0 Å². The molecule has 0 saturated heterocycles. The van der Waals surface area contributed by atoms with Gasteiger partial charge in [-0.25, -0.2) is 4.89 Å². The van der Waals surface area contributed by atoms with Gasteiger partial charge < -0.3 is 0 Å².